The number of hydrogen-bond donors (Lipinski definition) is 1. The summed E-state index contributed by atoms with van der Waals surface area (Å²) < 4.78 is 10.6. The first-order chi connectivity index (χ1) is 15.6. The highest BCUT2D eigenvalue weighted by molar-refractivity contribution is 5.85. The van der Waals surface area contributed by atoms with Gasteiger partial charge in [0.25, 0.3) is 0 Å². The third kappa shape index (κ3) is 10.3. The highest BCUT2D eigenvalue weighted by Crippen LogP contribution is 2.20. The minimum Gasteiger partial charge on any atom is -0.466 e. The maximum atomic E-state index is 12.6. The van der Waals surface area contributed by atoms with Crippen molar-refractivity contribution in [2.24, 2.45) is 0 Å². The molecule has 1 N–H and O–H groups in total. The highest BCUT2D eigenvalue weighted by Gasteiger charge is 2.34. The molecule has 180 valence electrons. The molecule has 2 rings (SSSR count). The Labute approximate surface area is 191 Å². The van der Waals surface area contributed by atoms with E-state index in [4.69, 9.17) is 9.47 Å². The van der Waals surface area contributed by atoms with E-state index in [9.17, 15) is 19.2 Å². The van der Waals surface area contributed by atoms with Gasteiger partial charge in [-0.1, -0.05) is 12.2 Å². The minimum atomic E-state index is -0.474. The quantitative estimate of drug-likeness (QED) is 0.450. The van der Waals surface area contributed by atoms with Gasteiger partial charge in [0.15, 0.2) is 0 Å². The van der Waals surface area contributed by atoms with Crippen LogP contribution in [0.3, 0.4) is 0 Å². The van der Waals surface area contributed by atoms with Gasteiger partial charge in [0, 0.05) is 32.4 Å². The lowest BCUT2D eigenvalue weighted by Crippen LogP contribution is -2.41. The zero-order valence-electron chi connectivity index (χ0n) is 19.1. The van der Waals surface area contributed by atoms with Gasteiger partial charge in [-0.2, -0.15) is 0 Å². The highest BCUT2D eigenvalue weighted by atomic mass is 16.5. The first kappa shape index (κ1) is 25.9. The van der Waals surface area contributed by atoms with Crippen molar-refractivity contribution in [3.63, 3.8) is 0 Å². The van der Waals surface area contributed by atoms with Crippen molar-refractivity contribution >= 4 is 23.8 Å². The lowest BCUT2D eigenvalue weighted by molar-refractivity contribution is -0.153. The molecule has 0 aromatic rings. The molecule has 0 bridgehead atoms. The summed E-state index contributed by atoms with van der Waals surface area (Å²) in [5, 5.41) is 2.85. The third-order valence-corrected chi connectivity index (χ3v) is 5.72. The minimum absolute atomic E-state index is 0.0369. The van der Waals surface area contributed by atoms with Crippen LogP contribution in [0.15, 0.2) is 12.2 Å². The molecule has 0 radical (unpaired) electrons. The van der Waals surface area contributed by atoms with Crippen LogP contribution in [0.2, 0.25) is 0 Å². The molecule has 0 aliphatic carbocycles. The predicted octanol–water partition coefficient (Wildman–Crippen LogP) is 3.04. The Morgan fingerprint density at radius 2 is 1.47 bits per heavy atom. The number of hydrogen-bond acceptors (Lipinski definition) is 6. The van der Waals surface area contributed by atoms with Gasteiger partial charge < -0.3 is 19.7 Å². The summed E-state index contributed by atoms with van der Waals surface area (Å²) in [6.45, 7) is 1.88. The Morgan fingerprint density at radius 1 is 0.781 bits per heavy atom. The van der Waals surface area contributed by atoms with E-state index in [0.29, 0.717) is 71.2 Å². The molecule has 1 atom stereocenters. The molecule has 8 nitrogen and oxygen atoms in total. The summed E-state index contributed by atoms with van der Waals surface area (Å²) in [5.74, 6) is -0.587. The van der Waals surface area contributed by atoms with E-state index in [-0.39, 0.29) is 23.8 Å². The van der Waals surface area contributed by atoms with Gasteiger partial charge in [-0.15, -0.1) is 0 Å². The number of amides is 2. The van der Waals surface area contributed by atoms with Crippen LogP contribution in [0.4, 0.5) is 0 Å². The first-order valence-corrected chi connectivity index (χ1v) is 12.1. The largest absolute Gasteiger partial charge is 0.466 e. The zero-order valence-corrected chi connectivity index (χ0v) is 19.1. The summed E-state index contributed by atoms with van der Waals surface area (Å²) in [5.41, 5.74) is 0. The van der Waals surface area contributed by atoms with E-state index in [1.165, 1.54) is 0 Å². The van der Waals surface area contributed by atoms with E-state index in [1.807, 2.05) is 0 Å². The number of ether oxygens (including phenoxy) is 2. The molecule has 32 heavy (non-hydrogen) atoms. The molecule has 1 saturated heterocycles. The van der Waals surface area contributed by atoms with Crippen LogP contribution in [0, 0.1) is 0 Å². The van der Waals surface area contributed by atoms with Crippen molar-refractivity contribution in [2.45, 2.75) is 89.5 Å². The van der Waals surface area contributed by atoms with Crippen LogP contribution < -0.4 is 5.32 Å². The second kappa shape index (κ2) is 15.4. The predicted molar refractivity (Wildman–Crippen MR) is 120 cm³/mol. The molecule has 2 aliphatic heterocycles. The zero-order chi connectivity index (χ0) is 23.0. The van der Waals surface area contributed by atoms with Crippen molar-refractivity contribution in [1.29, 1.82) is 0 Å². The second-order valence-corrected chi connectivity index (χ2v) is 8.40. The number of allylic oxidation sites excluding steroid dienone is 2. The lowest BCUT2D eigenvalue weighted by atomic mass is 10.1. The Hall–Kier alpha value is -2.38. The molecular weight excluding hydrogens is 412 g/mol. The lowest BCUT2D eigenvalue weighted by Gasteiger charge is -2.23. The molecule has 1 fully saturated rings. The van der Waals surface area contributed by atoms with Gasteiger partial charge in [-0.05, 0) is 64.2 Å². The van der Waals surface area contributed by atoms with Gasteiger partial charge in [-0.25, -0.2) is 4.79 Å². The normalized spacial score (nSPS) is 24.5. The van der Waals surface area contributed by atoms with Gasteiger partial charge in [0.05, 0.1) is 13.2 Å². The molecule has 0 spiro atoms. The van der Waals surface area contributed by atoms with E-state index in [1.54, 1.807) is 4.90 Å². The molecular formula is C24H38N2O6. The van der Waals surface area contributed by atoms with Gasteiger partial charge in [0.2, 0.25) is 11.8 Å². The summed E-state index contributed by atoms with van der Waals surface area (Å²) >= 11 is 0. The number of fused-ring (bicyclic) bond motifs is 1. The molecule has 2 heterocycles. The second-order valence-electron chi connectivity index (χ2n) is 8.40. The molecule has 1 unspecified atom stereocenters. The molecule has 8 heteroatoms. The van der Waals surface area contributed by atoms with Crippen LogP contribution in [-0.4, -0.2) is 61.0 Å². The maximum Gasteiger partial charge on any atom is 0.328 e. The molecule has 2 amide bonds. The Kier molecular flexibility index (Phi) is 12.5. The van der Waals surface area contributed by atoms with Crippen molar-refractivity contribution in [3.8, 4) is 0 Å². The van der Waals surface area contributed by atoms with Crippen LogP contribution in [-0.2, 0) is 28.7 Å². The Morgan fingerprint density at radius 3 is 2.25 bits per heavy atom. The SMILES string of the molecule is O=C1CCCCC(=O)N2CCCC2C(=O)OCCCC=CCCCOC(=O)CCCCN1. The molecule has 2 aliphatic rings. The maximum absolute atomic E-state index is 12.6. The third-order valence-electron chi connectivity index (χ3n) is 5.72. The van der Waals surface area contributed by atoms with E-state index in [2.05, 4.69) is 17.5 Å². The van der Waals surface area contributed by atoms with Crippen molar-refractivity contribution in [2.75, 3.05) is 26.3 Å². The van der Waals surface area contributed by atoms with Crippen molar-refractivity contribution in [3.05, 3.63) is 12.2 Å². The number of nitrogens with one attached hydrogen (secondary N) is 1. The number of carbonyl (C=O) groups excluding carboxylic acids is 4. The van der Waals surface area contributed by atoms with E-state index >= 15 is 0 Å². The summed E-state index contributed by atoms with van der Waals surface area (Å²) in [6.07, 6.45) is 12.5. The molecule has 0 aromatic heterocycles. The topological polar surface area (TPSA) is 102 Å². The molecule has 0 saturated carbocycles. The first-order valence-electron chi connectivity index (χ1n) is 12.1. The fourth-order valence-corrected chi connectivity index (χ4v) is 3.89. The van der Waals surface area contributed by atoms with Crippen LogP contribution >= 0.6 is 0 Å². The van der Waals surface area contributed by atoms with Gasteiger partial charge >= 0.3 is 11.9 Å². The number of cyclic esters (lactones) is 2. The average Bonchev–Trinajstić information content (AvgIpc) is 3.27. The number of nitrogens with zero attached hydrogens (tertiary/aromatic N) is 1. The van der Waals surface area contributed by atoms with Crippen LogP contribution in [0.1, 0.15) is 83.5 Å². The number of rotatable bonds is 0. The summed E-state index contributed by atoms with van der Waals surface area (Å²) in [4.78, 5) is 50.3. The van der Waals surface area contributed by atoms with E-state index in [0.717, 1.165) is 38.5 Å². The van der Waals surface area contributed by atoms with E-state index < -0.39 is 6.04 Å². The fourth-order valence-electron chi connectivity index (χ4n) is 3.89. The smallest absolute Gasteiger partial charge is 0.328 e. The Bertz CT molecular complexity index is 648. The van der Waals surface area contributed by atoms with Crippen LogP contribution in [0.25, 0.3) is 0 Å². The monoisotopic (exact) mass is 450 g/mol. The number of carbonyl (C=O) groups is 4. The molecule has 0 aromatic carbocycles. The summed E-state index contributed by atoms with van der Waals surface area (Å²) in [6, 6.07) is -0.474. The van der Waals surface area contributed by atoms with Crippen molar-refractivity contribution in [1.82, 2.24) is 10.2 Å². The summed E-state index contributed by atoms with van der Waals surface area (Å²) in [7, 11) is 0. The number of esters is 2. The van der Waals surface area contributed by atoms with Gasteiger partial charge in [0.1, 0.15) is 6.04 Å². The Balaban J connectivity index is 1.80. The van der Waals surface area contributed by atoms with Crippen molar-refractivity contribution < 1.29 is 28.7 Å². The fraction of sp³-hybridized carbons (Fsp3) is 0.750. The van der Waals surface area contributed by atoms with Crippen LogP contribution in [0.5, 0.6) is 0 Å². The van der Waals surface area contributed by atoms with Gasteiger partial charge in [-0.3, -0.25) is 14.4 Å². The standard InChI is InChI=1S/C24H38N2O6/c27-21-13-5-6-14-22(28)26-17-11-12-20(26)24(30)32-19-10-4-2-1-3-9-18-31-23(29)15-7-8-16-25-21/h1-2,20H,3-19H2,(H,25,27). The average molecular weight is 451 g/mol.